The molecule has 0 fully saturated rings. The van der Waals surface area contributed by atoms with Crippen LogP contribution in [-0.2, 0) is 9.53 Å². The SMILES string of the molecule is CCC(C)NC(C(=O)OC)c1ccccc1. The summed E-state index contributed by atoms with van der Waals surface area (Å²) in [6, 6.07) is 9.53. The third-order valence-electron chi connectivity index (χ3n) is 2.63. The maximum atomic E-state index is 11.7. The Labute approximate surface area is 96.8 Å². The van der Waals surface area contributed by atoms with Crippen LogP contribution >= 0.6 is 0 Å². The number of carbonyl (C=O) groups excluding carboxylic acids is 1. The molecule has 1 aromatic rings. The van der Waals surface area contributed by atoms with E-state index in [4.69, 9.17) is 4.74 Å². The van der Waals surface area contributed by atoms with Crippen molar-refractivity contribution in [3.8, 4) is 0 Å². The van der Waals surface area contributed by atoms with E-state index in [1.165, 1.54) is 7.11 Å². The molecule has 0 radical (unpaired) electrons. The Morgan fingerprint density at radius 1 is 1.38 bits per heavy atom. The van der Waals surface area contributed by atoms with Gasteiger partial charge in [0, 0.05) is 6.04 Å². The van der Waals surface area contributed by atoms with Gasteiger partial charge in [0.1, 0.15) is 6.04 Å². The Hall–Kier alpha value is -1.35. The highest BCUT2D eigenvalue weighted by Crippen LogP contribution is 2.15. The zero-order valence-electron chi connectivity index (χ0n) is 10.1. The van der Waals surface area contributed by atoms with Crippen LogP contribution in [-0.4, -0.2) is 19.1 Å². The number of carbonyl (C=O) groups is 1. The predicted octanol–water partition coefficient (Wildman–Crippen LogP) is 2.29. The molecule has 16 heavy (non-hydrogen) atoms. The first-order valence-corrected chi connectivity index (χ1v) is 5.57. The second kappa shape index (κ2) is 6.28. The topological polar surface area (TPSA) is 38.3 Å². The number of rotatable bonds is 5. The molecule has 2 atom stereocenters. The third-order valence-corrected chi connectivity index (χ3v) is 2.63. The maximum absolute atomic E-state index is 11.7. The molecule has 0 aromatic heterocycles. The number of esters is 1. The van der Waals surface area contributed by atoms with E-state index in [2.05, 4.69) is 19.2 Å². The van der Waals surface area contributed by atoms with Gasteiger partial charge in [0.2, 0.25) is 0 Å². The molecule has 0 bridgehead atoms. The van der Waals surface area contributed by atoms with Crippen molar-refractivity contribution in [2.45, 2.75) is 32.4 Å². The highest BCUT2D eigenvalue weighted by molar-refractivity contribution is 5.77. The average Bonchev–Trinajstić information content (AvgIpc) is 2.35. The lowest BCUT2D eigenvalue weighted by atomic mass is 10.1. The number of methoxy groups -OCH3 is 1. The monoisotopic (exact) mass is 221 g/mol. The van der Waals surface area contributed by atoms with Crippen LogP contribution in [0.3, 0.4) is 0 Å². The lowest BCUT2D eigenvalue weighted by Crippen LogP contribution is -2.35. The molecule has 0 saturated carbocycles. The zero-order valence-corrected chi connectivity index (χ0v) is 10.1. The highest BCUT2D eigenvalue weighted by atomic mass is 16.5. The van der Waals surface area contributed by atoms with E-state index in [-0.39, 0.29) is 18.1 Å². The van der Waals surface area contributed by atoms with Gasteiger partial charge in [-0.15, -0.1) is 0 Å². The fourth-order valence-electron chi connectivity index (χ4n) is 1.47. The summed E-state index contributed by atoms with van der Waals surface area (Å²) in [6.07, 6.45) is 0.973. The molecule has 1 N–H and O–H groups in total. The largest absolute Gasteiger partial charge is 0.468 e. The Balaban J connectivity index is 2.84. The lowest BCUT2D eigenvalue weighted by Gasteiger charge is -2.20. The second-order valence-corrected chi connectivity index (χ2v) is 3.84. The normalized spacial score (nSPS) is 14.2. The number of hydrogen-bond donors (Lipinski definition) is 1. The third kappa shape index (κ3) is 3.35. The number of ether oxygens (including phenoxy) is 1. The smallest absolute Gasteiger partial charge is 0.327 e. The van der Waals surface area contributed by atoms with E-state index >= 15 is 0 Å². The Morgan fingerprint density at radius 3 is 2.50 bits per heavy atom. The van der Waals surface area contributed by atoms with Crippen LogP contribution in [0.4, 0.5) is 0 Å². The highest BCUT2D eigenvalue weighted by Gasteiger charge is 2.21. The molecule has 2 unspecified atom stereocenters. The summed E-state index contributed by atoms with van der Waals surface area (Å²) >= 11 is 0. The molecule has 0 aliphatic heterocycles. The molecule has 3 nitrogen and oxygen atoms in total. The van der Waals surface area contributed by atoms with Crippen LogP contribution in [0.5, 0.6) is 0 Å². The molecule has 1 aromatic carbocycles. The van der Waals surface area contributed by atoms with Gasteiger partial charge in [-0.05, 0) is 18.9 Å². The van der Waals surface area contributed by atoms with E-state index in [9.17, 15) is 4.79 Å². The number of benzene rings is 1. The van der Waals surface area contributed by atoms with E-state index < -0.39 is 0 Å². The summed E-state index contributed by atoms with van der Waals surface area (Å²) in [4.78, 5) is 11.7. The first-order valence-electron chi connectivity index (χ1n) is 5.57. The van der Waals surface area contributed by atoms with Crippen LogP contribution in [0, 0.1) is 0 Å². The van der Waals surface area contributed by atoms with Gasteiger partial charge in [0.15, 0.2) is 0 Å². The van der Waals surface area contributed by atoms with E-state index in [0.717, 1.165) is 12.0 Å². The molecular weight excluding hydrogens is 202 g/mol. The minimum absolute atomic E-state index is 0.244. The molecular formula is C13H19NO2. The molecule has 0 saturated heterocycles. The first-order chi connectivity index (χ1) is 7.69. The molecule has 0 amide bonds. The van der Waals surface area contributed by atoms with E-state index in [1.807, 2.05) is 30.3 Å². The molecule has 0 aliphatic carbocycles. The number of nitrogens with one attached hydrogen (secondary N) is 1. The van der Waals surface area contributed by atoms with Crippen LogP contribution < -0.4 is 5.32 Å². The molecule has 0 aliphatic rings. The summed E-state index contributed by atoms with van der Waals surface area (Å²) in [7, 11) is 1.41. The van der Waals surface area contributed by atoms with Gasteiger partial charge in [-0.25, -0.2) is 4.79 Å². The average molecular weight is 221 g/mol. The van der Waals surface area contributed by atoms with Gasteiger partial charge in [-0.3, -0.25) is 5.32 Å². The maximum Gasteiger partial charge on any atom is 0.327 e. The molecule has 0 heterocycles. The zero-order chi connectivity index (χ0) is 12.0. The molecule has 3 heteroatoms. The summed E-state index contributed by atoms with van der Waals surface area (Å²) in [6.45, 7) is 4.13. The molecule has 0 spiro atoms. The van der Waals surface area contributed by atoms with Crippen LogP contribution in [0.2, 0.25) is 0 Å². The van der Waals surface area contributed by atoms with Crippen molar-refractivity contribution >= 4 is 5.97 Å². The van der Waals surface area contributed by atoms with Crippen molar-refractivity contribution in [3.05, 3.63) is 35.9 Å². The summed E-state index contributed by atoms with van der Waals surface area (Å²) in [5.41, 5.74) is 0.939. The minimum atomic E-state index is -0.374. The number of hydrogen-bond acceptors (Lipinski definition) is 3. The van der Waals surface area contributed by atoms with Crippen molar-refractivity contribution in [3.63, 3.8) is 0 Å². The van der Waals surface area contributed by atoms with Crippen LogP contribution in [0.1, 0.15) is 31.9 Å². The summed E-state index contributed by atoms with van der Waals surface area (Å²) in [5, 5.41) is 3.26. The molecule has 88 valence electrons. The van der Waals surface area contributed by atoms with Crippen molar-refractivity contribution in [1.29, 1.82) is 0 Å². The van der Waals surface area contributed by atoms with Crippen molar-refractivity contribution < 1.29 is 9.53 Å². The first kappa shape index (κ1) is 12.7. The lowest BCUT2D eigenvalue weighted by molar-refractivity contribution is -0.143. The van der Waals surface area contributed by atoms with Crippen LogP contribution in [0.15, 0.2) is 30.3 Å². The molecule has 1 rings (SSSR count). The van der Waals surface area contributed by atoms with E-state index in [1.54, 1.807) is 0 Å². The van der Waals surface area contributed by atoms with Gasteiger partial charge in [-0.1, -0.05) is 37.3 Å². The Kier molecular flexibility index (Phi) is 4.99. The van der Waals surface area contributed by atoms with Crippen molar-refractivity contribution in [1.82, 2.24) is 5.32 Å². The Bertz CT molecular complexity index is 324. The fraction of sp³-hybridized carbons (Fsp3) is 0.462. The fourth-order valence-corrected chi connectivity index (χ4v) is 1.47. The minimum Gasteiger partial charge on any atom is -0.468 e. The van der Waals surface area contributed by atoms with Gasteiger partial charge in [0.05, 0.1) is 7.11 Å². The summed E-state index contributed by atoms with van der Waals surface area (Å²) in [5.74, 6) is -0.244. The van der Waals surface area contributed by atoms with Crippen molar-refractivity contribution in [2.75, 3.05) is 7.11 Å². The second-order valence-electron chi connectivity index (χ2n) is 3.84. The van der Waals surface area contributed by atoms with Gasteiger partial charge in [-0.2, -0.15) is 0 Å². The predicted molar refractivity (Wildman–Crippen MR) is 64.1 cm³/mol. The van der Waals surface area contributed by atoms with Gasteiger partial charge in [0.25, 0.3) is 0 Å². The van der Waals surface area contributed by atoms with Gasteiger partial charge >= 0.3 is 5.97 Å². The Morgan fingerprint density at radius 2 is 2.00 bits per heavy atom. The van der Waals surface area contributed by atoms with E-state index in [0.29, 0.717) is 0 Å². The van der Waals surface area contributed by atoms with Crippen LogP contribution in [0.25, 0.3) is 0 Å². The standard InChI is InChI=1S/C13H19NO2/c1-4-10(2)14-12(13(15)16-3)11-8-6-5-7-9-11/h5-10,12,14H,4H2,1-3H3. The van der Waals surface area contributed by atoms with Crippen molar-refractivity contribution in [2.24, 2.45) is 0 Å². The summed E-state index contributed by atoms with van der Waals surface area (Å²) < 4.78 is 4.81. The van der Waals surface area contributed by atoms with Gasteiger partial charge < -0.3 is 4.74 Å². The quantitative estimate of drug-likeness (QED) is 0.775.